The van der Waals surface area contributed by atoms with Crippen LogP contribution in [0.3, 0.4) is 0 Å². The number of aryl methyl sites for hydroxylation is 1. The third-order valence-electron chi connectivity index (χ3n) is 2.86. The second-order valence-electron chi connectivity index (χ2n) is 4.22. The maximum atomic E-state index is 5.69. The number of nitrogens with zero attached hydrogens (tertiary/aromatic N) is 2. The summed E-state index contributed by atoms with van der Waals surface area (Å²) in [5.74, 6) is 1.55. The minimum atomic E-state index is 0.572. The van der Waals surface area contributed by atoms with Crippen molar-refractivity contribution < 1.29 is 9.47 Å². The molecule has 2 N–H and O–H groups in total. The quantitative estimate of drug-likeness (QED) is 0.923. The van der Waals surface area contributed by atoms with E-state index in [9.17, 15) is 0 Å². The van der Waals surface area contributed by atoms with Crippen molar-refractivity contribution >= 4 is 11.3 Å². The molecule has 0 saturated carbocycles. The first kappa shape index (κ1) is 12.4. The summed E-state index contributed by atoms with van der Waals surface area (Å²) >= 11 is 1.59. The fourth-order valence-electron chi connectivity index (χ4n) is 1.96. The Balaban J connectivity index is 1.91. The average molecular weight is 277 g/mol. The van der Waals surface area contributed by atoms with E-state index in [0.29, 0.717) is 19.8 Å². The van der Waals surface area contributed by atoms with Gasteiger partial charge in [-0.1, -0.05) is 17.4 Å². The van der Waals surface area contributed by atoms with Gasteiger partial charge in [0.15, 0.2) is 16.5 Å². The summed E-state index contributed by atoms with van der Waals surface area (Å²) in [4.78, 5) is 0. The molecule has 2 heterocycles. The lowest BCUT2D eigenvalue weighted by Crippen LogP contribution is -2.15. The van der Waals surface area contributed by atoms with E-state index in [0.717, 1.165) is 39.9 Å². The van der Waals surface area contributed by atoms with Crippen LogP contribution in [0, 0.1) is 0 Å². The molecule has 6 heteroatoms. The number of para-hydroxylation sites is 1. The van der Waals surface area contributed by atoms with E-state index in [1.807, 2.05) is 18.2 Å². The van der Waals surface area contributed by atoms with Gasteiger partial charge in [0.2, 0.25) is 0 Å². The van der Waals surface area contributed by atoms with Crippen LogP contribution in [-0.2, 0) is 6.42 Å². The highest BCUT2D eigenvalue weighted by molar-refractivity contribution is 7.14. The van der Waals surface area contributed by atoms with E-state index < -0.39 is 0 Å². The number of rotatable bonds is 4. The molecular formula is C13H15N3O2S. The van der Waals surface area contributed by atoms with Crippen LogP contribution < -0.4 is 15.2 Å². The van der Waals surface area contributed by atoms with E-state index in [4.69, 9.17) is 15.2 Å². The zero-order chi connectivity index (χ0) is 13.1. The lowest BCUT2D eigenvalue weighted by atomic mass is 10.2. The molecule has 0 atom stereocenters. The molecule has 0 saturated heterocycles. The van der Waals surface area contributed by atoms with Crippen molar-refractivity contribution in [2.24, 2.45) is 5.73 Å². The molecule has 3 rings (SSSR count). The van der Waals surface area contributed by atoms with Gasteiger partial charge in [-0.3, -0.25) is 0 Å². The van der Waals surface area contributed by atoms with Crippen LogP contribution in [0.4, 0.5) is 0 Å². The van der Waals surface area contributed by atoms with Gasteiger partial charge in [-0.25, -0.2) is 0 Å². The minimum absolute atomic E-state index is 0.572. The molecule has 2 aromatic rings. The Morgan fingerprint density at radius 3 is 3.00 bits per heavy atom. The fourth-order valence-corrected chi connectivity index (χ4v) is 2.86. The van der Waals surface area contributed by atoms with E-state index in [1.165, 1.54) is 0 Å². The lowest BCUT2D eigenvalue weighted by molar-refractivity contribution is 0.172. The molecular weight excluding hydrogens is 262 g/mol. The summed E-state index contributed by atoms with van der Waals surface area (Å²) in [7, 11) is 0. The zero-order valence-corrected chi connectivity index (χ0v) is 11.3. The molecule has 0 bridgehead atoms. The maximum Gasteiger partial charge on any atom is 0.171 e. The number of benzene rings is 1. The summed E-state index contributed by atoms with van der Waals surface area (Å²) in [5, 5.41) is 10.3. The summed E-state index contributed by atoms with van der Waals surface area (Å²) in [6.45, 7) is 1.84. The Kier molecular flexibility index (Phi) is 3.61. The van der Waals surface area contributed by atoms with Crippen LogP contribution in [0.5, 0.6) is 11.5 Å². The Morgan fingerprint density at radius 2 is 2.11 bits per heavy atom. The zero-order valence-electron chi connectivity index (χ0n) is 10.5. The standard InChI is InChI=1S/C13H15N3O2S/c14-6-2-5-11-15-16-13(19-11)9-3-1-4-10-12(9)18-8-7-17-10/h1,3-4H,2,5-8,14H2. The summed E-state index contributed by atoms with van der Waals surface area (Å²) in [6, 6.07) is 5.85. The Bertz CT molecular complexity index is 571. The lowest BCUT2D eigenvalue weighted by Gasteiger charge is -2.19. The molecule has 0 spiro atoms. The maximum absolute atomic E-state index is 5.69. The number of nitrogens with two attached hydrogens (primary N) is 1. The molecule has 0 amide bonds. The van der Waals surface area contributed by atoms with Gasteiger partial charge < -0.3 is 15.2 Å². The fraction of sp³-hybridized carbons (Fsp3) is 0.385. The highest BCUT2D eigenvalue weighted by Gasteiger charge is 2.19. The normalized spacial score (nSPS) is 13.5. The molecule has 5 nitrogen and oxygen atoms in total. The summed E-state index contributed by atoms with van der Waals surface area (Å²) < 4.78 is 11.3. The number of aromatic nitrogens is 2. The van der Waals surface area contributed by atoms with Gasteiger partial charge >= 0.3 is 0 Å². The smallest absolute Gasteiger partial charge is 0.171 e. The Hall–Kier alpha value is -1.66. The van der Waals surface area contributed by atoms with E-state index in [2.05, 4.69) is 10.2 Å². The first-order valence-corrected chi connectivity index (χ1v) is 7.11. The molecule has 100 valence electrons. The predicted molar refractivity (Wildman–Crippen MR) is 73.7 cm³/mol. The van der Waals surface area contributed by atoms with Crippen LogP contribution in [0.25, 0.3) is 10.6 Å². The molecule has 0 fully saturated rings. The summed E-state index contributed by atoms with van der Waals surface area (Å²) in [5.41, 5.74) is 6.46. The summed E-state index contributed by atoms with van der Waals surface area (Å²) in [6.07, 6.45) is 1.81. The van der Waals surface area contributed by atoms with E-state index in [1.54, 1.807) is 11.3 Å². The van der Waals surface area contributed by atoms with Gasteiger partial charge in [0.25, 0.3) is 0 Å². The van der Waals surface area contributed by atoms with Crippen LogP contribution in [0.15, 0.2) is 18.2 Å². The number of ether oxygens (including phenoxy) is 2. The molecule has 1 aromatic carbocycles. The first-order valence-electron chi connectivity index (χ1n) is 6.30. The van der Waals surface area contributed by atoms with Crippen LogP contribution in [0.2, 0.25) is 0 Å². The van der Waals surface area contributed by atoms with Crippen LogP contribution in [0.1, 0.15) is 11.4 Å². The highest BCUT2D eigenvalue weighted by atomic mass is 32.1. The van der Waals surface area contributed by atoms with Gasteiger partial charge in [0, 0.05) is 6.42 Å². The van der Waals surface area contributed by atoms with E-state index >= 15 is 0 Å². The van der Waals surface area contributed by atoms with Crippen LogP contribution in [-0.4, -0.2) is 30.0 Å². The predicted octanol–water partition coefficient (Wildman–Crippen LogP) is 1.87. The Morgan fingerprint density at radius 1 is 1.21 bits per heavy atom. The Labute approximate surface area is 115 Å². The van der Waals surface area contributed by atoms with Crippen molar-refractivity contribution in [3.8, 4) is 22.1 Å². The third kappa shape index (κ3) is 2.54. The average Bonchev–Trinajstić information content (AvgIpc) is 2.93. The van der Waals surface area contributed by atoms with Gasteiger partial charge in [-0.2, -0.15) is 0 Å². The molecule has 1 aromatic heterocycles. The van der Waals surface area contributed by atoms with Crippen molar-refractivity contribution in [1.82, 2.24) is 10.2 Å². The first-order chi connectivity index (χ1) is 9.38. The molecule has 1 aliphatic heterocycles. The topological polar surface area (TPSA) is 70.3 Å². The highest BCUT2D eigenvalue weighted by Crippen LogP contribution is 2.40. The van der Waals surface area contributed by atoms with Crippen molar-refractivity contribution in [2.75, 3.05) is 19.8 Å². The van der Waals surface area contributed by atoms with Crippen LogP contribution >= 0.6 is 11.3 Å². The van der Waals surface area contributed by atoms with Crippen molar-refractivity contribution in [3.05, 3.63) is 23.2 Å². The van der Waals surface area contributed by atoms with Gasteiger partial charge in [-0.15, -0.1) is 10.2 Å². The van der Waals surface area contributed by atoms with Gasteiger partial charge in [-0.05, 0) is 25.1 Å². The van der Waals surface area contributed by atoms with Crippen molar-refractivity contribution in [1.29, 1.82) is 0 Å². The van der Waals surface area contributed by atoms with Gasteiger partial charge in [0.05, 0.1) is 5.56 Å². The molecule has 0 aliphatic carbocycles. The molecule has 0 radical (unpaired) electrons. The molecule has 19 heavy (non-hydrogen) atoms. The molecule has 1 aliphatic rings. The van der Waals surface area contributed by atoms with E-state index in [-0.39, 0.29) is 0 Å². The second-order valence-corrected chi connectivity index (χ2v) is 5.29. The van der Waals surface area contributed by atoms with Crippen molar-refractivity contribution in [3.63, 3.8) is 0 Å². The SMILES string of the molecule is NCCCc1nnc(-c2cccc3c2OCCO3)s1. The minimum Gasteiger partial charge on any atom is -0.486 e. The molecule has 0 unspecified atom stereocenters. The largest absolute Gasteiger partial charge is 0.486 e. The third-order valence-corrected chi connectivity index (χ3v) is 3.87. The number of fused-ring (bicyclic) bond motifs is 1. The monoisotopic (exact) mass is 277 g/mol. The van der Waals surface area contributed by atoms with Crippen molar-refractivity contribution in [2.45, 2.75) is 12.8 Å². The van der Waals surface area contributed by atoms with Gasteiger partial charge in [0.1, 0.15) is 18.2 Å². The number of hydrogen-bond donors (Lipinski definition) is 1. The number of hydrogen-bond acceptors (Lipinski definition) is 6. The second kappa shape index (κ2) is 5.54.